The molecule has 4 unspecified atom stereocenters. The van der Waals surface area contributed by atoms with E-state index in [-0.39, 0.29) is 30.0 Å². The number of aliphatic hydroxyl groups is 3. The summed E-state index contributed by atoms with van der Waals surface area (Å²) in [7, 11) is 0. The Morgan fingerprint density at radius 1 is 1.15 bits per heavy atom. The molecule has 7 atom stereocenters. The molecule has 0 amide bonds. The smallest absolute Gasteiger partial charge is 0.0707 e. The lowest BCUT2D eigenvalue weighted by Gasteiger charge is -2.58. The van der Waals surface area contributed by atoms with Crippen molar-refractivity contribution in [1.29, 1.82) is 0 Å². The SMILES string of the molecule is CCC[C@@]1(C)C(CO)=CCC2C1CC[C@@]1(C)C2CC[C@@]1(O)CC(C)CO. The van der Waals surface area contributed by atoms with Crippen LogP contribution < -0.4 is 0 Å². The van der Waals surface area contributed by atoms with Gasteiger partial charge in [-0.05, 0) is 85.0 Å². The van der Waals surface area contributed by atoms with E-state index in [1.54, 1.807) is 0 Å². The summed E-state index contributed by atoms with van der Waals surface area (Å²) in [4.78, 5) is 0. The summed E-state index contributed by atoms with van der Waals surface area (Å²) >= 11 is 0. The Morgan fingerprint density at radius 2 is 1.85 bits per heavy atom. The standard InChI is InChI=1S/C23H40O3/c1-5-10-21(3)17(15-25)6-7-18-19(21)8-11-22(4)20(18)9-12-23(22,26)13-16(2)14-24/h6,16,18-20,24-26H,5,7-15H2,1-4H3/t16?,18?,19?,20?,21-,22-,23+/m0/s1. The Kier molecular flexibility index (Phi) is 5.65. The second-order valence-electron chi connectivity index (χ2n) is 10.2. The third-order valence-corrected chi connectivity index (χ3v) is 8.88. The molecule has 0 aromatic rings. The summed E-state index contributed by atoms with van der Waals surface area (Å²) in [5.41, 5.74) is 0.709. The van der Waals surface area contributed by atoms with Crippen molar-refractivity contribution in [3.63, 3.8) is 0 Å². The zero-order chi connectivity index (χ0) is 19.2. The lowest BCUT2D eigenvalue weighted by Crippen LogP contribution is -2.54. The van der Waals surface area contributed by atoms with Crippen LogP contribution in [0.15, 0.2) is 11.6 Å². The van der Waals surface area contributed by atoms with Crippen LogP contribution in [0.5, 0.6) is 0 Å². The number of hydrogen-bond donors (Lipinski definition) is 3. The van der Waals surface area contributed by atoms with Gasteiger partial charge in [0.15, 0.2) is 0 Å². The largest absolute Gasteiger partial charge is 0.396 e. The molecule has 3 aliphatic carbocycles. The second-order valence-corrected chi connectivity index (χ2v) is 10.2. The molecule has 3 aliphatic rings. The average molecular weight is 365 g/mol. The molecule has 0 radical (unpaired) electrons. The van der Waals surface area contributed by atoms with E-state index in [4.69, 9.17) is 0 Å². The van der Waals surface area contributed by atoms with Gasteiger partial charge < -0.3 is 15.3 Å². The summed E-state index contributed by atoms with van der Waals surface area (Å²) in [6, 6.07) is 0. The molecular formula is C23H40O3. The summed E-state index contributed by atoms with van der Waals surface area (Å²) in [6.07, 6.45) is 10.6. The van der Waals surface area contributed by atoms with Crippen LogP contribution in [0.25, 0.3) is 0 Å². The molecule has 3 rings (SSSR count). The van der Waals surface area contributed by atoms with Gasteiger partial charge in [-0.1, -0.05) is 40.2 Å². The Bertz CT molecular complexity index is 544. The molecule has 3 nitrogen and oxygen atoms in total. The van der Waals surface area contributed by atoms with Crippen LogP contribution in [0.2, 0.25) is 0 Å². The molecule has 0 aliphatic heterocycles. The molecule has 2 fully saturated rings. The van der Waals surface area contributed by atoms with Crippen molar-refractivity contribution in [1.82, 2.24) is 0 Å². The number of aliphatic hydroxyl groups excluding tert-OH is 2. The third kappa shape index (κ3) is 2.89. The van der Waals surface area contributed by atoms with Gasteiger partial charge in [-0.3, -0.25) is 0 Å². The van der Waals surface area contributed by atoms with Crippen molar-refractivity contribution in [3.8, 4) is 0 Å². The molecule has 0 aromatic heterocycles. The predicted octanol–water partition coefficient (Wildman–Crippen LogP) is 4.31. The van der Waals surface area contributed by atoms with Gasteiger partial charge in [-0.2, -0.15) is 0 Å². The van der Waals surface area contributed by atoms with E-state index >= 15 is 0 Å². The van der Waals surface area contributed by atoms with E-state index in [0.29, 0.717) is 17.8 Å². The molecule has 26 heavy (non-hydrogen) atoms. The van der Waals surface area contributed by atoms with Gasteiger partial charge in [0, 0.05) is 6.61 Å². The molecule has 0 spiro atoms. The Hall–Kier alpha value is -0.380. The van der Waals surface area contributed by atoms with Crippen molar-refractivity contribution in [2.24, 2.45) is 34.5 Å². The molecule has 0 heterocycles. The van der Waals surface area contributed by atoms with Gasteiger partial charge >= 0.3 is 0 Å². The molecule has 3 heteroatoms. The van der Waals surface area contributed by atoms with E-state index in [0.717, 1.165) is 51.4 Å². The van der Waals surface area contributed by atoms with Gasteiger partial charge in [0.05, 0.1) is 12.2 Å². The minimum atomic E-state index is -0.632. The third-order valence-electron chi connectivity index (χ3n) is 8.88. The first-order chi connectivity index (χ1) is 12.3. The lowest BCUT2D eigenvalue weighted by molar-refractivity contribution is -0.133. The molecule has 0 bridgehead atoms. The van der Waals surface area contributed by atoms with Crippen LogP contribution >= 0.6 is 0 Å². The Labute approximate surface area is 159 Å². The highest BCUT2D eigenvalue weighted by atomic mass is 16.3. The lowest BCUT2D eigenvalue weighted by atomic mass is 9.48. The first kappa shape index (κ1) is 20.4. The van der Waals surface area contributed by atoms with Gasteiger partial charge in [0.1, 0.15) is 0 Å². The fourth-order valence-corrected chi connectivity index (χ4v) is 7.35. The molecule has 0 saturated heterocycles. The van der Waals surface area contributed by atoms with E-state index in [2.05, 4.69) is 33.8 Å². The number of fused-ring (bicyclic) bond motifs is 3. The fraction of sp³-hybridized carbons (Fsp3) is 0.913. The van der Waals surface area contributed by atoms with E-state index < -0.39 is 5.60 Å². The maximum Gasteiger partial charge on any atom is 0.0707 e. The summed E-state index contributed by atoms with van der Waals surface area (Å²) in [6.45, 7) is 9.36. The van der Waals surface area contributed by atoms with Crippen molar-refractivity contribution in [2.45, 2.75) is 84.7 Å². The average Bonchev–Trinajstić information content (AvgIpc) is 2.86. The normalized spacial score (nSPS) is 46.4. The van der Waals surface area contributed by atoms with Crippen LogP contribution in [-0.4, -0.2) is 34.1 Å². The monoisotopic (exact) mass is 364 g/mol. The van der Waals surface area contributed by atoms with E-state index in [1.165, 1.54) is 5.57 Å². The van der Waals surface area contributed by atoms with E-state index in [9.17, 15) is 15.3 Å². The highest BCUT2D eigenvalue weighted by molar-refractivity contribution is 5.24. The highest BCUT2D eigenvalue weighted by Crippen LogP contribution is 2.67. The molecule has 2 saturated carbocycles. The van der Waals surface area contributed by atoms with Gasteiger partial charge in [-0.15, -0.1) is 0 Å². The van der Waals surface area contributed by atoms with Gasteiger partial charge in [0.2, 0.25) is 0 Å². The van der Waals surface area contributed by atoms with Gasteiger partial charge in [-0.25, -0.2) is 0 Å². The van der Waals surface area contributed by atoms with Crippen molar-refractivity contribution >= 4 is 0 Å². The van der Waals surface area contributed by atoms with Crippen LogP contribution in [0.3, 0.4) is 0 Å². The van der Waals surface area contributed by atoms with Crippen LogP contribution in [0.4, 0.5) is 0 Å². The zero-order valence-corrected chi connectivity index (χ0v) is 17.3. The first-order valence-corrected chi connectivity index (χ1v) is 10.9. The first-order valence-electron chi connectivity index (χ1n) is 10.9. The van der Waals surface area contributed by atoms with Crippen molar-refractivity contribution < 1.29 is 15.3 Å². The maximum absolute atomic E-state index is 11.6. The molecule has 0 aromatic carbocycles. The summed E-state index contributed by atoms with van der Waals surface area (Å²) < 4.78 is 0. The summed E-state index contributed by atoms with van der Waals surface area (Å²) in [5, 5.41) is 31.1. The predicted molar refractivity (Wildman–Crippen MR) is 106 cm³/mol. The Morgan fingerprint density at radius 3 is 2.46 bits per heavy atom. The molecule has 150 valence electrons. The minimum Gasteiger partial charge on any atom is -0.396 e. The number of rotatable bonds is 6. The Balaban J connectivity index is 1.90. The number of allylic oxidation sites excluding steroid dienone is 1. The highest BCUT2D eigenvalue weighted by Gasteiger charge is 2.63. The minimum absolute atomic E-state index is 0.0325. The maximum atomic E-state index is 11.6. The van der Waals surface area contributed by atoms with Crippen LogP contribution in [-0.2, 0) is 0 Å². The van der Waals surface area contributed by atoms with E-state index in [1.807, 2.05) is 0 Å². The van der Waals surface area contributed by atoms with Crippen LogP contribution in [0.1, 0.15) is 79.1 Å². The summed E-state index contributed by atoms with van der Waals surface area (Å²) in [5.74, 6) is 1.97. The second kappa shape index (κ2) is 7.22. The van der Waals surface area contributed by atoms with Crippen LogP contribution in [0, 0.1) is 34.5 Å². The van der Waals surface area contributed by atoms with Crippen molar-refractivity contribution in [3.05, 3.63) is 11.6 Å². The van der Waals surface area contributed by atoms with Crippen molar-refractivity contribution in [2.75, 3.05) is 13.2 Å². The fourth-order valence-electron chi connectivity index (χ4n) is 7.35. The van der Waals surface area contributed by atoms with Gasteiger partial charge in [0.25, 0.3) is 0 Å². The topological polar surface area (TPSA) is 60.7 Å². The molecular weight excluding hydrogens is 324 g/mol. The quantitative estimate of drug-likeness (QED) is 0.616. The number of hydrogen-bond acceptors (Lipinski definition) is 3. The molecule has 3 N–H and O–H groups in total. The zero-order valence-electron chi connectivity index (χ0n) is 17.3.